The quantitative estimate of drug-likeness (QED) is 0.807. The first-order valence-corrected chi connectivity index (χ1v) is 5.83. The lowest BCUT2D eigenvalue weighted by molar-refractivity contribution is 0.103. The summed E-state index contributed by atoms with van der Waals surface area (Å²) in [6.45, 7) is 0. The SMILES string of the molecule is Nc1cccc(Cl)c1NC(=O)c1cccs1. The second kappa shape index (κ2) is 4.55. The van der Waals surface area contributed by atoms with Crippen LogP contribution in [0.1, 0.15) is 9.67 Å². The summed E-state index contributed by atoms with van der Waals surface area (Å²) in [4.78, 5) is 12.4. The largest absolute Gasteiger partial charge is 0.397 e. The zero-order chi connectivity index (χ0) is 11.5. The fourth-order valence-electron chi connectivity index (χ4n) is 1.26. The predicted molar refractivity (Wildman–Crippen MR) is 68.1 cm³/mol. The number of benzene rings is 1. The van der Waals surface area contributed by atoms with Gasteiger partial charge in [0.2, 0.25) is 0 Å². The molecule has 5 heteroatoms. The van der Waals surface area contributed by atoms with Crippen molar-refractivity contribution in [1.82, 2.24) is 0 Å². The molecular formula is C11H9ClN2OS. The van der Waals surface area contributed by atoms with Crippen LogP contribution in [0, 0.1) is 0 Å². The Kier molecular flexibility index (Phi) is 3.12. The second-order valence-corrected chi connectivity index (χ2v) is 4.49. The van der Waals surface area contributed by atoms with E-state index in [1.165, 1.54) is 11.3 Å². The minimum Gasteiger partial charge on any atom is -0.397 e. The molecule has 0 saturated carbocycles. The lowest BCUT2D eigenvalue weighted by Gasteiger charge is -2.08. The van der Waals surface area contributed by atoms with Gasteiger partial charge in [0, 0.05) is 0 Å². The van der Waals surface area contributed by atoms with Crippen molar-refractivity contribution in [3.63, 3.8) is 0 Å². The highest BCUT2D eigenvalue weighted by atomic mass is 35.5. The monoisotopic (exact) mass is 252 g/mol. The molecule has 0 aliphatic rings. The van der Waals surface area contributed by atoms with E-state index in [0.29, 0.717) is 21.3 Å². The van der Waals surface area contributed by atoms with Gasteiger partial charge < -0.3 is 11.1 Å². The summed E-state index contributed by atoms with van der Waals surface area (Å²) < 4.78 is 0. The van der Waals surface area contributed by atoms with E-state index in [0.717, 1.165) is 0 Å². The van der Waals surface area contributed by atoms with Gasteiger partial charge in [-0.3, -0.25) is 4.79 Å². The third kappa shape index (κ3) is 2.18. The molecule has 0 spiro atoms. The number of amides is 1. The van der Waals surface area contributed by atoms with Crippen molar-refractivity contribution in [2.75, 3.05) is 11.1 Å². The maximum Gasteiger partial charge on any atom is 0.265 e. The lowest BCUT2D eigenvalue weighted by atomic mass is 10.2. The molecular weight excluding hydrogens is 244 g/mol. The first-order valence-electron chi connectivity index (χ1n) is 4.57. The third-order valence-electron chi connectivity index (χ3n) is 2.03. The van der Waals surface area contributed by atoms with Gasteiger partial charge >= 0.3 is 0 Å². The van der Waals surface area contributed by atoms with Gasteiger partial charge in [0.1, 0.15) is 0 Å². The second-order valence-electron chi connectivity index (χ2n) is 3.14. The average Bonchev–Trinajstić information content (AvgIpc) is 2.76. The molecule has 1 heterocycles. The maximum absolute atomic E-state index is 11.8. The van der Waals surface area contributed by atoms with E-state index in [4.69, 9.17) is 17.3 Å². The van der Waals surface area contributed by atoms with Crippen LogP contribution in [-0.4, -0.2) is 5.91 Å². The van der Waals surface area contributed by atoms with Crippen molar-refractivity contribution < 1.29 is 4.79 Å². The van der Waals surface area contributed by atoms with Crippen LogP contribution in [0.3, 0.4) is 0 Å². The standard InChI is InChI=1S/C11H9ClN2OS/c12-7-3-1-4-8(13)10(7)14-11(15)9-5-2-6-16-9/h1-6H,13H2,(H,14,15). The highest BCUT2D eigenvalue weighted by molar-refractivity contribution is 7.12. The summed E-state index contributed by atoms with van der Waals surface area (Å²) in [5.41, 5.74) is 6.64. The first kappa shape index (κ1) is 11.0. The van der Waals surface area contributed by atoms with E-state index in [-0.39, 0.29) is 5.91 Å². The molecule has 3 nitrogen and oxygen atoms in total. The first-order chi connectivity index (χ1) is 7.68. The molecule has 0 aliphatic carbocycles. The Morgan fingerprint density at radius 1 is 1.31 bits per heavy atom. The predicted octanol–water partition coefficient (Wildman–Crippen LogP) is 3.24. The third-order valence-corrected chi connectivity index (χ3v) is 3.21. The number of halogens is 1. The van der Waals surface area contributed by atoms with E-state index >= 15 is 0 Å². The van der Waals surface area contributed by atoms with Crippen molar-refractivity contribution in [3.05, 3.63) is 45.6 Å². The number of anilines is 2. The molecule has 2 aromatic rings. The Balaban J connectivity index is 2.25. The van der Waals surface area contributed by atoms with Crippen LogP contribution >= 0.6 is 22.9 Å². The van der Waals surface area contributed by atoms with Crippen LogP contribution in [-0.2, 0) is 0 Å². The molecule has 1 aromatic heterocycles. The van der Waals surface area contributed by atoms with Crippen LogP contribution in [0.4, 0.5) is 11.4 Å². The van der Waals surface area contributed by atoms with Gasteiger partial charge in [0.15, 0.2) is 0 Å². The lowest BCUT2D eigenvalue weighted by Crippen LogP contribution is -2.12. The van der Waals surface area contributed by atoms with Gasteiger partial charge in [0.25, 0.3) is 5.91 Å². The smallest absolute Gasteiger partial charge is 0.265 e. The molecule has 82 valence electrons. The fourth-order valence-corrected chi connectivity index (χ4v) is 2.10. The molecule has 0 fully saturated rings. The minimum absolute atomic E-state index is 0.199. The van der Waals surface area contributed by atoms with Crippen molar-refractivity contribution in [1.29, 1.82) is 0 Å². The fraction of sp³-hybridized carbons (Fsp3) is 0. The molecule has 0 saturated heterocycles. The van der Waals surface area contributed by atoms with Gasteiger partial charge in [-0.15, -0.1) is 11.3 Å². The van der Waals surface area contributed by atoms with Crippen LogP contribution in [0.5, 0.6) is 0 Å². The molecule has 0 atom stereocenters. The number of thiophene rings is 1. The van der Waals surface area contributed by atoms with Crippen molar-refractivity contribution in [3.8, 4) is 0 Å². The summed E-state index contributed by atoms with van der Waals surface area (Å²) in [6, 6.07) is 8.67. The minimum atomic E-state index is -0.199. The van der Waals surface area contributed by atoms with E-state index < -0.39 is 0 Å². The number of para-hydroxylation sites is 1. The van der Waals surface area contributed by atoms with Gasteiger partial charge in [0.05, 0.1) is 21.3 Å². The molecule has 2 rings (SSSR count). The number of hydrogen-bond donors (Lipinski definition) is 2. The number of carbonyl (C=O) groups is 1. The van der Waals surface area contributed by atoms with Crippen LogP contribution in [0.2, 0.25) is 5.02 Å². The number of carbonyl (C=O) groups excluding carboxylic acids is 1. The van der Waals surface area contributed by atoms with Crippen molar-refractivity contribution in [2.24, 2.45) is 0 Å². The van der Waals surface area contributed by atoms with Crippen LogP contribution < -0.4 is 11.1 Å². The van der Waals surface area contributed by atoms with E-state index in [9.17, 15) is 4.79 Å². The number of rotatable bonds is 2. The van der Waals surface area contributed by atoms with Crippen molar-refractivity contribution in [2.45, 2.75) is 0 Å². The molecule has 0 aliphatic heterocycles. The maximum atomic E-state index is 11.8. The summed E-state index contributed by atoms with van der Waals surface area (Å²) in [5, 5.41) is 4.97. The molecule has 1 amide bonds. The Morgan fingerprint density at radius 3 is 2.75 bits per heavy atom. The van der Waals surface area contributed by atoms with E-state index in [1.54, 1.807) is 24.3 Å². The van der Waals surface area contributed by atoms with E-state index in [2.05, 4.69) is 5.32 Å². The topological polar surface area (TPSA) is 55.1 Å². The van der Waals surface area contributed by atoms with Gasteiger partial charge in [-0.25, -0.2) is 0 Å². The van der Waals surface area contributed by atoms with Gasteiger partial charge in [-0.1, -0.05) is 23.7 Å². The molecule has 16 heavy (non-hydrogen) atoms. The summed E-state index contributed by atoms with van der Waals surface area (Å²) >= 11 is 7.31. The molecule has 0 radical (unpaired) electrons. The zero-order valence-electron chi connectivity index (χ0n) is 8.24. The summed E-state index contributed by atoms with van der Waals surface area (Å²) in [6.07, 6.45) is 0. The van der Waals surface area contributed by atoms with E-state index in [1.807, 2.05) is 11.4 Å². The number of nitrogen functional groups attached to an aromatic ring is 1. The van der Waals surface area contributed by atoms with Gasteiger partial charge in [-0.05, 0) is 23.6 Å². The molecule has 0 unspecified atom stereocenters. The normalized spacial score (nSPS) is 10.1. The van der Waals surface area contributed by atoms with Crippen LogP contribution in [0.25, 0.3) is 0 Å². The van der Waals surface area contributed by atoms with Crippen molar-refractivity contribution >= 4 is 40.2 Å². The summed E-state index contributed by atoms with van der Waals surface area (Å²) in [7, 11) is 0. The Labute approximate surface area is 102 Å². The van der Waals surface area contributed by atoms with Gasteiger partial charge in [-0.2, -0.15) is 0 Å². The highest BCUT2D eigenvalue weighted by Gasteiger charge is 2.11. The Hall–Kier alpha value is -1.52. The molecule has 0 bridgehead atoms. The molecule has 3 N–H and O–H groups in total. The Morgan fingerprint density at radius 2 is 2.12 bits per heavy atom. The Bertz CT molecular complexity index is 490. The molecule has 1 aromatic carbocycles. The zero-order valence-corrected chi connectivity index (χ0v) is 9.81. The highest BCUT2D eigenvalue weighted by Crippen LogP contribution is 2.28. The number of nitrogens with one attached hydrogen (secondary N) is 1. The van der Waals surface area contributed by atoms with Crippen LogP contribution in [0.15, 0.2) is 35.7 Å². The summed E-state index contributed by atoms with van der Waals surface area (Å²) in [5.74, 6) is -0.199. The average molecular weight is 253 g/mol. The number of nitrogens with two attached hydrogens (primary N) is 1. The number of hydrogen-bond acceptors (Lipinski definition) is 3.